The zero-order valence-electron chi connectivity index (χ0n) is 12.8. The molecule has 0 saturated heterocycles. The van der Waals surface area contributed by atoms with Crippen molar-refractivity contribution >= 4 is 23.5 Å². The number of hydrogen-bond donors (Lipinski definition) is 3. The molecule has 0 aliphatic rings. The SMILES string of the molecule is CCOCCCNC(=S)N/N=C/c1cc(C)c(O)c(C)c1. The number of phenolic OH excluding ortho intramolecular Hbond substituents is 1. The van der Waals surface area contributed by atoms with Crippen LogP contribution in [0.1, 0.15) is 30.0 Å². The molecule has 1 aromatic carbocycles. The molecule has 1 rings (SSSR count). The Kier molecular flexibility index (Phi) is 7.71. The normalized spacial score (nSPS) is 10.8. The molecule has 116 valence electrons. The lowest BCUT2D eigenvalue weighted by Gasteiger charge is -2.07. The van der Waals surface area contributed by atoms with E-state index in [1.165, 1.54) is 0 Å². The number of hydrazone groups is 1. The second-order valence-corrected chi connectivity index (χ2v) is 5.09. The molecule has 6 heteroatoms. The average Bonchev–Trinajstić information content (AvgIpc) is 2.44. The number of nitrogens with zero attached hydrogens (tertiary/aromatic N) is 1. The Morgan fingerprint density at radius 3 is 2.67 bits per heavy atom. The number of thiocarbonyl (C=S) groups is 1. The van der Waals surface area contributed by atoms with Crippen LogP contribution in [0, 0.1) is 13.8 Å². The summed E-state index contributed by atoms with van der Waals surface area (Å²) in [5.74, 6) is 0.326. The van der Waals surface area contributed by atoms with Gasteiger partial charge in [-0.25, -0.2) is 0 Å². The lowest BCUT2D eigenvalue weighted by Crippen LogP contribution is -2.33. The second kappa shape index (κ2) is 9.31. The van der Waals surface area contributed by atoms with E-state index in [2.05, 4.69) is 15.8 Å². The number of aromatic hydroxyl groups is 1. The zero-order chi connectivity index (χ0) is 15.7. The zero-order valence-corrected chi connectivity index (χ0v) is 13.6. The molecule has 21 heavy (non-hydrogen) atoms. The molecule has 0 bridgehead atoms. The number of hydrogen-bond acceptors (Lipinski definition) is 4. The summed E-state index contributed by atoms with van der Waals surface area (Å²) < 4.78 is 5.23. The summed E-state index contributed by atoms with van der Waals surface area (Å²) in [6.07, 6.45) is 2.57. The van der Waals surface area contributed by atoms with Gasteiger partial charge >= 0.3 is 0 Å². The molecule has 0 unspecified atom stereocenters. The van der Waals surface area contributed by atoms with Gasteiger partial charge in [-0.2, -0.15) is 5.10 Å². The maximum Gasteiger partial charge on any atom is 0.186 e. The molecular weight excluding hydrogens is 286 g/mol. The van der Waals surface area contributed by atoms with Crippen molar-refractivity contribution in [2.75, 3.05) is 19.8 Å². The van der Waals surface area contributed by atoms with Crippen LogP contribution in [0.15, 0.2) is 17.2 Å². The molecule has 0 saturated carbocycles. The molecule has 0 aliphatic heterocycles. The van der Waals surface area contributed by atoms with Crippen molar-refractivity contribution in [3.63, 3.8) is 0 Å². The third-order valence-electron chi connectivity index (χ3n) is 2.85. The molecule has 1 aromatic rings. The summed E-state index contributed by atoms with van der Waals surface area (Å²) in [5, 5.41) is 17.3. The molecule has 0 radical (unpaired) electrons. The van der Waals surface area contributed by atoms with Crippen molar-refractivity contribution in [1.29, 1.82) is 0 Å². The van der Waals surface area contributed by atoms with E-state index in [1.807, 2.05) is 32.9 Å². The average molecular weight is 309 g/mol. The van der Waals surface area contributed by atoms with Crippen molar-refractivity contribution in [2.45, 2.75) is 27.2 Å². The van der Waals surface area contributed by atoms with Crippen LogP contribution in [0.3, 0.4) is 0 Å². The summed E-state index contributed by atoms with van der Waals surface area (Å²) in [6.45, 7) is 7.90. The van der Waals surface area contributed by atoms with Crippen LogP contribution in [-0.2, 0) is 4.74 Å². The quantitative estimate of drug-likeness (QED) is 0.312. The largest absolute Gasteiger partial charge is 0.507 e. The molecule has 0 aliphatic carbocycles. The van der Waals surface area contributed by atoms with Crippen molar-refractivity contribution in [3.05, 3.63) is 28.8 Å². The minimum atomic E-state index is 0.326. The first-order chi connectivity index (χ1) is 10.0. The number of aryl methyl sites for hydroxylation is 2. The van der Waals surface area contributed by atoms with E-state index < -0.39 is 0 Å². The lowest BCUT2D eigenvalue weighted by atomic mass is 10.1. The topological polar surface area (TPSA) is 65.9 Å². The summed E-state index contributed by atoms with van der Waals surface area (Å²) in [5.41, 5.74) is 5.33. The Balaban J connectivity index is 2.35. The first-order valence-electron chi connectivity index (χ1n) is 6.99. The van der Waals surface area contributed by atoms with Gasteiger partial charge in [-0.05, 0) is 68.2 Å². The van der Waals surface area contributed by atoms with Gasteiger partial charge in [0.1, 0.15) is 5.75 Å². The highest BCUT2D eigenvalue weighted by Gasteiger charge is 2.01. The Hall–Kier alpha value is -1.66. The first-order valence-corrected chi connectivity index (χ1v) is 7.40. The van der Waals surface area contributed by atoms with Gasteiger partial charge in [-0.15, -0.1) is 0 Å². The number of nitrogens with one attached hydrogen (secondary N) is 2. The van der Waals surface area contributed by atoms with Crippen LogP contribution in [-0.4, -0.2) is 36.2 Å². The second-order valence-electron chi connectivity index (χ2n) is 4.68. The van der Waals surface area contributed by atoms with Gasteiger partial charge in [-0.1, -0.05) is 0 Å². The van der Waals surface area contributed by atoms with Gasteiger partial charge in [0.05, 0.1) is 6.21 Å². The van der Waals surface area contributed by atoms with E-state index in [0.717, 1.165) is 42.9 Å². The van der Waals surface area contributed by atoms with Crippen LogP contribution in [0.2, 0.25) is 0 Å². The summed E-state index contributed by atoms with van der Waals surface area (Å²) in [7, 11) is 0. The molecule has 5 nitrogen and oxygen atoms in total. The van der Waals surface area contributed by atoms with Crippen LogP contribution in [0.25, 0.3) is 0 Å². The Morgan fingerprint density at radius 1 is 1.38 bits per heavy atom. The van der Waals surface area contributed by atoms with E-state index in [0.29, 0.717) is 10.9 Å². The van der Waals surface area contributed by atoms with Crippen molar-refractivity contribution in [2.24, 2.45) is 5.10 Å². The molecule has 0 amide bonds. The lowest BCUT2D eigenvalue weighted by molar-refractivity contribution is 0.145. The summed E-state index contributed by atoms with van der Waals surface area (Å²) in [4.78, 5) is 0. The van der Waals surface area contributed by atoms with Gasteiger partial charge in [-0.3, -0.25) is 5.43 Å². The van der Waals surface area contributed by atoms with Crippen LogP contribution in [0.5, 0.6) is 5.75 Å². The molecule has 0 spiro atoms. The molecule has 3 N–H and O–H groups in total. The van der Waals surface area contributed by atoms with Gasteiger partial charge in [0.25, 0.3) is 0 Å². The fourth-order valence-corrected chi connectivity index (χ4v) is 1.94. The predicted octanol–water partition coefficient (Wildman–Crippen LogP) is 2.23. The molecule has 0 heterocycles. The van der Waals surface area contributed by atoms with Crippen LogP contribution in [0.4, 0.5) is 0 Å². The molecular formula is C15H23N3O2S. The van der Waals surface area contributed by atoms with Gasteiger partial charge in [0.2, 0.25) is 0 Å². The van der Waals surface area contributed by atoms with E-state index in [-0.39, 0.29) is 0 Å². The van der Waals surface area contributed by atoms with Crippen LogP contribution < -0.4 is 10.7 Å². The van der Waals surface area contributed by atoms with Crippen molar-refractivity contribution in [3.8, 4) is 5.75 Å². The standard InChI is InChI=1S/C15H23N3O2S/c1-4-20-7-5-6-16-15(21)18-17-10-13-8-11(2)14(19)12(3)9-13/h8-10,19H,4-7H2,1-3H3,(H2,16,18,21)/b17-10+. The maximum absolute atomic E-state index is 9.70. The minimum Gasteiger partial charge on any atom is -0.507 e. The monoisotopic (exact) mass is 309 g/mol. The van der Waals surface area contributed by atoms with Gasteiger partial charge in [0, 0.05) is 19.8 Å². The fourth-order valence-electron chi connectivity index (χ4n) is 1.79. The third kappa shape index (κ3) is 6.55. The van der Waals surface area contributed by atoms with Gasteiger partial charge in [0.15, 0.2) is 5.11 Å². The number of phenols is 1. The molecule has 0 fully saturated rings. The smallest absolute Gasteiger partial charge is 0.186 e. The third-order valence-corrected chi connectivity index (χ3v) is 3.08. The van der Waals surface area contributed by atoms with E-state index in [1.54, 1.807) is 6.21 Å². The first kappa shape index (κ1) is 17.4. The Bertz CT molecular complexity index is 481. The van der Waals surface area contributed by atoms with E-state index >= 15 is 0 Å². The van der Waals surface area contributed by atoms with E-state index in [9.17, 15) is 5.11 Å². The Labute approximate surface area is 131 Å². The number of rotatable bonds is 7. The Morgan fingerprint density at radius 2 is 2.05 bits per heavy atom. The highest BCUT2D eigenvalue weighted by molar-refractivity contribution is 7.80. The summed E-state index contributed by atoms with van der Waals surface area (Å²) in [6, 6.07) is 3.73. The maximum atomic E-state index is 9.70. The number of benzene rings is 1. The minimum absolute atomic E-state index is 0.326. The fraction of sp³-hybridized carbons (Fsp3) is 0.467. The highest BCUT2D eigenvalue weighted by atomic mass is 32.1. The highest BCUT2D eigenvalue weighted by Crippen LogP contribution is 2.21. The van der Waals surface area contributed by atoms with Crippen molar-refractivity contribution in [1.82, 2.24) is 10.7 Å². The summed E-state index contributed by atoms with van der Waals surface area (Å²) >= 11 is 5.10. The van der Waals surface area contributed by atoms with Crippen molar-refractivity contribution < 1.29 is 9.84 Å². The van der Waals surface area contributed by atoms with Gasteiger partial charge < -0.3 is 15.2 Å². The molecule has 0 atom stereocenters. The number of ether oxygens (including phenoxy) is 1. The molecule has 0 aromatic heterocycles. The van der Waals surface area contributed by atoms with Crippen LogP contribution >= 0.6 is 12.2 Å². The van der Waals surface area contributed by atoms with E-state index in [4.69, 9.17) is 17.0 Å². The predicted molar refractivity (Wildman–Crippen MR) is 90.0 cm³/mol.